The molecule has 0 fully saturated rings. The van der Waals surface area contributed by atoms with Crippen molar-refractivity contribution in [2.75, 3.05) is 12.1 Å². The van der Waals surface area contributed by atoms with Gasteiger partial charge in [0.05, 0.1) is 5.69 Å². The maximum absolute atomic E-state index is 12.6. The van der Waals surface area contributed by atoms with E-state index in [0.717, 1.165) is 11.3 Å². The Kier molecular flexibility index (Phi) is 4.61. The number of nitrogens with zero attached hydrogens (tertiary/aromatic N) is 3. The topological polar surface area (TPSA) is 79.0 Å². The van der Waals surface area contributed by atoms with Crippen LogP contribution in [0.1, 0.15) is 12.0 Å². The van der Waals surface area contributed by atoms with Crippen LogP contribution in [0.4, 0.5) is 5.69 Å². The number of carbonyl (C=O) groups is 2. The highest BCUT2D eigenvalue weighted by Crippen LogP contribution is 2.25. The number of para-hydroxylation sites is 1. The first-order chi connectivity index (χ1) is 11.6. The summed E-state index contributed by atoms with van der Waals surface area (Å²) < 4.78 is 0. The van der Waals surface area contributed by atoms with Crippen LogP contribution in [0.5, 0.6) is 0 Å². The Balaban J connectivity index is 1.80. The second kappa shape index (κ2) is 6.84. The van der Waals surface area contributed by atoms with Crippen LogP contribution >= 0.6 is 11.3 Å². The van der Waals surface area contributed by atoms with Crippen molar-refractivity contribution in [1.29, 1.82) is 0 Å². The maximum atomic E-state index is 12.6. The Morgan fingerprint density at radius 1 is 1.33 bits per heavy atom. The molecule has 24 heavy (non-hydrogen) atoms. The number of rotatable bonds is 5. The van der Waals surface area contributed by atoms with E-state index in [1.807, 2.05) is 47.2 Å². The molecular formula is C17H18N4O2S. The van der Waals surface area contributed by atoms with Crippen LogP contribution in [-0.4, -0.2) is 35.5 Å². The molecule has 0 saturated heterocycles. The first kappa shape index (κ1) is 16.2. The van der Waals surface area contributed by atoms with Gasteiger partial charge in [-0.2, -0.15) is 16.4 Å². The highest BCUT2D eigenvalue weighted by molar-refractivity contribution is 7.07. The predicted octanol–water partition coefficient (Wildman–Crippen LogP) is 1.83. The molecule has 2 N–H and O–H groups in total. The lowest BCUT2D eigenvalue weighted by molar-refractivity contribution is -0.123. The number of anilines is 1. The van der Waals surface area contributed by atoms with Gasteiger partial charge < -0.3 is 10.6 Å². The lowest BCUT2D eigenvalue weighted by Crippen LogP contribution is -2.40. The van der Waals surface area contributed by atoms with Crippen molar-refractivity contribution in [3.8, 4) is 0 Å². The summed E-state index contributed by atoms with van der Waals surface area (Å²) >= 11 is 1.59. The van der Waals surface area contributed by atoms with Gasteiger partial charge in [0.2, 0.25) is 5.91 Å². The minimum atomic E-state index is -0.638. The third kappa shape index (κ3) is 3.30. The Morgan fingerprint density at radius 3 is 2.71 bits per heavy atom. The van der Waals surface area contributed by atoms with E-state index < -0.39 is 11.9 Å². The molecule has 124 valence electrons. The van der Waals surface area contributed by atoms with Crippen LogP contribution in [0.2, 0.25) is 0 Å². The molecule has 0 spiro atoms. The molecule has 2 heterocycles. The number of hydrogen-bond acceptors (Lipinski definition) is 5. The fraction of sp³-hybridized carbons (Fsp3) is 0.235. The molecule has 2 aromatic rings. The van der Waals surface area contributed by atoms with Gasteiger partial charge in [0.25, 0.3) is 5.91 Å². The molecule has 1 aliphatic heterocycles. The molecule has 7 heteroatoms. The Bertz CT molecular complexity index is 758. The molecule has 3 rings (SSSR count). The molecule has 0 radical (unpaired) electrons. The highest BCUT2D eigenvalue weighted by Gasteiger charge is 2.35. The second-order valence-electron chi connectivity index (χ2n) is 5.64. The zero-order chi connectivity index (χ0) is 17.1. The standard InChI is InChI=1S/C17H18N4O2S/c1-20(10-12-7-8-24-11-12)17(23)14-9-15(16(18)22)21(19-14)13-5-3-2-4-6-13/h2-8,11,15H,9-10H2,1H3,(H2,18,22)/t15-/m0/s1. The summed E-state index contributed by atoms with van der Waals surface area (Å²) in [5.41, 5.74) is 7.65. The SMILES string of the molecule is CN(Cc1ccsc1)C(=O)C1=NN(c2ccccc2)[C@H](C(N)=O)C1. The van der Waals surface area contributed by atoms with Crippen LogP contribution in [0.25, 0.3) is 0 Å². The van der Waals surface area contributed by atoms with E-state index in [1.54, 1.807) is 23.3 Å². The quantitative estimate of drug-likeness (QED) is 0.900. The zero-order valence-corrected chi connectivity index (χ0v) is 14.1. The van der Waals surface area contributed by atoms with Crippen molar-refractivity contribution in [3.63, 3.8) is 0 Å². The van der Waals surface area contributed by atoms with E-state index in [4.69, 9.17) is 5.73 Å². The van der Waals surface area contributed by atoms with Gasteiger partial charge in [-0.25, -0.2) is 0 Å². The lowest BCUT2D eigenvalue weighted by Gasteiger charge is -2.20. The van der Waals surface area contributed by atoms with Crippen LogP contribution in [0.15, 0.2) is 52.3 Å². The largest absolute Gasteiger partial charge is 0.368 e. The molecule has 0 saturated carbocycles. The summed E-state index contributed by atoms with van der Waals surface area (Å²) in [7, 11) is 1.73. The van der Waals surface area contributed by atoms with E-state index in [9.17, 15) is 9.59 Å². The smallest absolute Gasteiger partial charge is 0.270 e. The van der Waals surface area contributed by atoms with Crippen molar-refractivity contribution in [1.82, 2.24) is 4.90 Å². The Morgan fingerprint density at radius 2 is 2.08 bits per heavy atom. The lowest BCUT2D eigenvalue weighted by atomic mass is 10.1. The van der Waals surface area contributed by atoms with Gasteiger partial charge in [-0.3, -0.25) is 14.6 Å². The highest BCUT2D eigenvalue weighted by atomic mass is 32.1. The summed E-state index contributed by atoms with van der Waals surface area (Å²) in [4.78, 5) is 26.0. The van der Waals surface area contributed by atoms with Crippen molar-refractivity contribution < 1.29 is 9.59 Å². The van der Waals surface area contributed by atoms with Gasteiger partial charge in [-0.05, 0) is 34.5 Å². The molecule has 1 aromatic carbocycles. The summed E-state index contributed by atoms with van der Waals surface area (Å²) in [5.74, 6) is -0.684. The van der Waals surface area contributed by atoms with Crippen LogP contribution in [-0.2, 0) is 16.1 Å². The molecule has 1 aromatic heterocycles. The van der Waals surface area contributed by atoms with Gasteiger partial charge in [0.15, 0.2) is 0 Å². The first-order valence-electron chi connectivity index (χ1n) is 7.54. The number of amides is 2. The van der Waals surface area contributed by atoms with Gasteiger partial charge in [0, 0.05) is 20.0 Å². The molecule has 0 unspecified atom stereocenters. The normalized spacial score (nSPS) is 16.8. The molecule has 1 aliphatic rings. The number of hydrogen-bond donors (Lipinski definition) is 1. The summed E-state index contributed by atoms with van der Waals surface area (Å²) in [5, 5.41) is 9.88. The summed E-state index contributed by atoms with van der Waals surface area (Å²) in [6, 6.07) is 10.6. The monoisotopic (exact) mass is 342 g/mol. The third-order valence-electron chi connectivity index (χ3n) is 3.85. The zero-order valence-electron chi connectivity index (χ0n) is 13.3. The fourth-order valence-electron chi connectivity index (χ4n) is 2.63. The van der Waals surface area contributed by atoms with Gasteiger partial charge >= 0.3 is 0 Å². The van der Waals surface area contributed by atoms with Gasteiger partial charge in [0.1, 0.15) is 11.8 Å². The van der Waals surface area contributed by atoms with E-state index >= 15 is 0 Å². The number of nitrogens with two attached hydrogens (primary N) is 1. The van der Waals surface area contributed by atoms with Crippen LogP contribution in [0, 0.1) is 0 Å². The van der Waals surface area contributed by atoms with Gasteiger partial charge in [-0.1, -0.05) is 18.2 Å². The minimum absolute atomic E-state index is 0.189. The predicted molar refractivity (Wildman–Crippen MR) is 94.7 cm³/mol. The minimum Gasteiger partial charge on any atom is -0.368 e. The number of thiophene rings is 1. The fourth-order valence-corrected chi connectivity index (χ4v) is 3.29. The first-order valence-corrected chi connectivity index (χ1v) is 8.48. The molecule has 1 atom stereocenters. The average molecular weight is 342 g/mol. The molecule has 6 nitrogen and oxygen atoms in total. The third-order valence-corrected chi connectivity index (χ3v) is 4.58. The van der Waals surface area contributed by atoms with E-state index in [0.29, 0.717) is 12.3 Å². The van der Waals surface area contributed by atoms with Crippen molar-refractivity contribution in [2.24, 2.45) is 10.8 Å². The van der Waals surface area contributed by atoms with Crippen LogP contribution < -0.4 is 10.7 Å². The number of primary amides is 1. The Labute approximate surface area is 144 Å². The number of carbonyl (C=O) groups excluding carboxylic acids is 2. The van der Waals surface area contributed by atoms with Crippen molar-refractivity contribution in [3.05, 3.63) is 52.7 Å². The second-order valence-corrected chi connectivity index (χ2v) is 6.42. The molecule has 0 bridgehead atoms. The molecule has 2 amide bonds. The average Bonchev–Trinajstić information content (AvgIpc) is 3.24. The van der Waals surface area contributed by atoms with E-state index in [2.05, 4.69) is 5.10 Å². The maximum Gasteiger partial charge on any atom is 0.270 e. The summed E-state index contributed by atoms with van der Waals surface area (Å²) in [6.45, 7) is 0.508. The van der Waals surface area contributed by atoms with Gasteiger partial charge in [-0.15, -0.1) is 0 Å². The van der Waals surface area contributed by atoms with Crippen molar-refractivity contribution in [2.45, 2.75) is 19.0 Å². The molecule has 0 aliphatic carbocycles. The number of benzene rings is 1. The molecular weight excluding hydrogens is 324 g/mol. The summed E-state index contributed by atoms with van der Waals surface area (Å²) in [6.07, 6.45) is 0.219. The van der Waals surface area contributed by atoms with Crippen molar-refractivity contribution >= 4 is 34.6 Å². The van der Waals surface area contributed by atoms with Crippen LogP contribution in [0.3, 0.4) is 0 Å². The van der Waals surface area contributed by atoms with E-state index in [1.165, 1.54) is 5.01 Å². The number of hydrazone groups is 1. The van der Waals surface area contributed by atoms with E-state index in [-0.39, 0.29) is 12.3 Å². The Hall–Kier alpha value is -2.67.